The molecule has 0 amide bonds. The Hall–Kier alpha value is -3.58. The largest absolute Gasteiger partial charge is 0.497 e. The highest BCUT2D eigenvalue weighted by Crippen LogP contribution is 2.34. The second-order valence-corrected chi connectivity index (χ2v) is 10.2. The highest BCUT2D eigenvalue weighted by Gasteiger charge is 2.25. The first kappa shape index (κ1) is 22.6. The summed E-state index contributed by atoms with van der Waals surface area (Å²) < 4.78 is 42.8. The van der Waals surface area contributed by atoms with Crippen molar-refractivity contribution in [3.05, 3.63) is 88.6 Å². The topological polar surface area (TPSA) is 82.8 Å². The van der Waals surface area contributed by atoms with Gasteiger partial charge in [-0.3, -0.25) is 4.79 Å². The minimum Gasteiger partial charge on any atom is -0.497 e. The third-order valence-corrected chi connectivity index (χ3v) is 6.55. The van der Waals surface area contributed by atoms with Crippen molar-refractivity contribution in [2.75, 3.05) is 7.11 Å². The fourth-order valence-electron chi connectivity index (χ4n) is 3.41. The van der Waals surface area contributed by atoms with Crippen LogP contribution < -0.4 is 14.3 Å². The fraction of sp³-hybridized carbons (Fsp3) is 0.192. The molecule has 0 aliphatic heterocycles. The molecule has 0 unspecified atom stereocenters. The van der Waals surface area contributed by atoms with E-state index < -0.39 is 21.3 Å². The predicted octanol–water partition coefficient (Wildman–Crippen LogP) is 5.53. The first-order chi connectivity index (χ1) is 15.6. The van der Waals surface area contributed by atoms with Crippen LogP contribution in [0.5, 0.6) is 11.5 Å². The highest BCUT2D eigenvalue weighted by atomic mass is 32.2. The molecule has 7 heteroatoms. The lowest BCUT2D eigenvalue weighted by molar-refractivity contribution is 0.415. The molecule has 33 heavy (non-hydrogen) atoms. The molecule has 4 aromatic rings. The third kappa shape index (κ3) is 4.50. The molecular weight excluding hydrogens is 440 g/mol. The molecule has 3 aromatic carbocycles. The van der Waals surface area contributed by atoms with E-state index in [1.807, 2.05) is 20.8 Å². The summed E-state index contributed by atoms with van der Waals surface area (Å²) in [4.78, 5) is 13.2. The Kier molecular flexibility index (Phi) is 5.76. The van der Waals surface area contributed by atoms with Crippen molar-refractivity contribution in [2.24, 2.45) is 0 Å². The van der Waals surface area contributed by atoms with Gasteiger partial charge in [0.25, 0.3) is 0 Å². The summed E-state index contributed by atoms with van der Waals surface area (Å²) in [5.74, 6) is 0.242. The Bertz CT molecular complexity index is 1460. The van der Waals surface area contributed by atoms with Crippen molar-refractivity contribution in [1.82, 2.24) is 0 Å². The minimum absolute atomic E-state index is 0.0243. The van der Waals surface area contributed by atoms with Gasteiger partial charge in [-0.2, -0.15) is 8.42 Å². The van der Waals surface area contributed by atoms with Crippen LogP contribution in [0.15, 0.2) is 86.9 Å². The molecule has 0 aliphatic carbocycles. The predicted molar refractivity (Wildman–Crippen MR) is 127 cm³/mol. The summed E-state index contributed by atoms with van der Waals surface area (Å²) in [6, 6.07) is 19.8. The van der Waals surface area contributed by atoms with Gasteiger partial charge in [-0.15, -0.1) is 0 Å². The number of ether oxygens (including phenoxy) is 1. The van der Waals surface area contributed by atoms with Crippen molar-refractivity contribution >= 4 is 21.1 Å². The van der Waals surface area contributed by atoms with E-state index in [1.54, 1.807) is 60.7 Å². The molecule has 0 bridgehead atoms. The third-order valence-electron chi connectivity index (χ3n) is 5.31. The van der Waals surface area contributed by atoms with Crippen molar-refractivity contribution < 1.29 is 21.8 Å². The van der Waals surface area contributed by atoms with E-state index in [1.165, 1.54) is 19.2 Å². The number of hydrogen-bond acceptors (Lipinski definition) is 6. The molecule has 0 fully saturated rings. The van der Waals surface area contributed by atoms with Crippen LogP contribution in [0.2, 0.25) is 0 Å². The fourth-order valence-corrected chi connectivity index (χ4v) is 4.35. The molecular formula is C26H24O6S. The van der Waals surface area contributed by atoms with Gasteiger partial charge in [-0.25, -0.2) is 0 Å². The highest BCUT2D eigenvalue weighted by molar-refractivity contribution is 7.87. The van der Waals surface area contributed by atoms with Gasteiger partial charge in [-0.05, 0) is 59.5 Å². The van der Waals surface area contributed by atoms with Gasteiger partial charge >= 0.3 is 10.1 Å². The van der Waals surface area contributed by atoms with Crippen molar-refractivity contribution in [2.45, 2.75) is 31.1 Å². The summed E-state index contributed by atoms with van der Waals surface area (Å²) in [6.07, 6.45) is 0. The molecule has 6 nitrogen and oxygen atoms in total. The zero-order valence-corrected chi connectivity index (χ0v) is 19.6. The van der Waals surface area contributed by atoms with E-state index in [0.29, 0.717) is 16.9 Å². The summed E-state index contributed by atoms with van der Waals surface area (Å²) >= 11 is 0. The molecule has 4 rings (SSSR count). The van der Waals surface area contributed by atoms with Gasteiger partial charge < -0.3 is 13.3 Å². The van der Waals surface area contributed by atoms with E-state index in [0.717, 1.165) is 5.56 Å². The molecule has 1 heterocycles. The Morgan fingerprint density at radius 1 is 0.848 bits per heavy atom. The summed E-state index contributed by atoms with van der Waals surface area (Å²) in [7, 11) is -2.76. The molecule has 0 saturated carbocycles. The Balaban J connectivity index is 1.85. The first-order valence-electron chi connectivity index (χ1n) is 10.4. The van der Waals surface area contributed by atoms with Crippen LogP contribution >= 0.6 is 0 Å². The van der Waals surface area contributed by atoms with Crippen LogP contribution in [0.1, 0.15) is 26.3 Å². The van der Waals surface area contributed by atoms with Gasteiger partial charge in [0.1, 0.15) is 16.2 Å². The summed E-state index contributed by atoms with van der Waals surface area (Å²) in [5.41, 5.74) is 1.08. The average molecular weight is 465 g/mol. The van der Waals surface area contributed by atoms with Crippen LogP contribution in [0, 0.1) is 0 Å². The van der Waals surface area contributed by atoms with Crippen LogP contribution in [-0.2, 0) is 15.5 Å². The molecule has 0 aliphatic rings. The number of rotatable bonds is 5. The normalized spacial score (nSPS) is 12.0. The maximum Gasteiger partial charge on any atom is 0.339 e. The molecule has 0 N–H and O–H groups in total. The van der Waals surface area contributed by atoms with Crippen LogP contribution in [0.25, 0.3) is 22.3 Å². The van der Waals surface area contributed by atoms with E-state index in [2.05, 4.69) is 0 Å². The lowest BCUT2D eigenvalue weighted by atomic mass is 9.87. The first-order valence-corrected chi connectivity index (χ1v) is 11.8. The average Bonchev–Trinajstić information content (AvgIpc) is 2.80. The second-order valence-electron chi connectivity index (χ2n) is 8.63. The SMILES string of the molecule is COc1ccc(-c2oc3ccccc3c(=O)c2OS(=O)(=O)c2ccc(C(C)(C)C)cc2)cc1. The lowest BCUT2D eigenvalue weighted by Gasteiger charge is -2.19. The van der Waals surface area contributed by atoms with Gasteiger partial charge in [0.15, 0.2) is 5.76 Å². The van der Waals surface area contributed by atoms with Crippen molar-refractivity contribution in [1.29, 1.82) is 0 Å². The summed E-state index contributed by atoms with van der Waals surface area (Å²) in [5, 5.41) is 0.225. The van der Waals surface area contributed by atoms with Gasteiger partial charge in [0, 0.05) is 5.56 Å². The van der Waals surface area contributed by atoms with Gasteiger partial charge in [-0.1, -0.05) is 45.0 Å². The number of fused-ring (bicyclic) bond motifs is 1. The van der Waals surface area contributed by atoms with Gasteiger partial charge in [0.2, 0.25) is 11.2 Å². The lowest BCUT2D eigenvalue weighted by Crippen LogP contribution is -2.17. The minimum atomic E-state index is -4.29. The monoisotopic (exact) mass is 464 g/mol. The molecule has 0 spiro atoms. The second kappa shape index (κ2) is 8.41. The van der Waals surface area contributed by atoms with Crippen LogP contribution in [-0.4, -0.2) is 15.5 Å². The molecule has 1 aromatic heterocycles. The van der Waals surface area contributed by atoms with E-state index >= 15 is 0 Å². The Morgan fingerprint density at radius 3 is 2.09 bits per heavy atom. The molecule has 0 radical (unpaired) electrons. The molecule has 0 saturated heterocycles. The van der Waals surface area contributed by atoms with E-state index in [4.69, 9.17) is 13.3 Å². The van der Waals surface area contributed by atoms with Crippen molar-refractivity contribution in [3.8, 4) is 22.8 Å². The standard InChI is InChI=1S/C26H24O6S/c1-26(2,3)18-11-15-20(16-12-18)33(28,29)32-25-23(27)21-7-5-6-8-22(21)31-24(25)17-9-13-19(30-4)14-10-17/h5-16H,1-4H3. The van der Waals surface area contributed by atoms with E-state index in [-0.39, 0.29) is 21.5 Å². The zero-order chi connectivity index (χ0) is 23.8. The number of para-hydroxylation sites is 1. The Morgan fingerprint density at radius 2 is 1.48 bits per heavy atom. The number of hydrogen-bond donors (Lipinski definition) is 0. The van der Waals surface area contributed by atoms with Gasteiger partial charge in [0.05, 0.1) is 12.5 Å². The smallest absolute Gasteiger partial charge is 0.339 e. The number of benzene rings is 3. The molecule has 0 atom stereocenters. The quantitative estimate of drug-likeness (QED) is 0.361. The maximum absolute atomic E-state index is 13.3. The van der Waals surface area contributed by atoms with Crippen LogP contribution in [0.3, 0.4) is 0 Å². The molecule has 170 valence electrons. The van der Waals surface area contributed by atoms with Crippen LogP contribution in [0.4, 0.5) is 0 Å². The number of methoxy groups -OCH3 is 1. The zero-order valence-electron chi connectivity index (χ0n) is 18.8. The maximum atomic E-state index is 13.3. The van der Waals surface area contributed by atoms with Crippen molar-refractivity contribution in [3.63, 3.8) is 0 Å². The van der Waals surface area contributed by atoms with E-state index in [9.17, 15) is 13.2 Å². The Labute approximate surface area is 192 Å². The summed E-state index contributed by atoms with van der Waals surface area (Å²) in [6.45, 7) is 6.11.